The molecular weight excluding hydrogens is 380 g/mol. The number of carbonyl (C=O) groups is 1. The number of carbonyl (C=O) groups excluding carboxylic acids is 1. The van der Waals surface area contributed by atoms with Gasteiger partial charge in [0.1, 0.15) is 0 Å². The molecule has 2 aliphatic rings. The average Bonchev–Trinajstić information content (AvgIpc) is 2.92. The lowest BCUT2D eigenvalue weighted by molar-refractivity contribution is 0.0986. The van der Waals surface area contributed by atoms with E-state index in [2.05, 4.69) is 13.0 Å². The van der Waals surface area contributed by atoms with Gasteiger partial charge >= 0.3 is 0 Å². The molecule has 0 bridgehead atoms. The van der Waals surface area contributed by atoms with Gasteiger partial charge in [0.15, 0.2) is 0 Å². The molecule has 27 heavy (non-hydrogen) atoms. The molecule has 7 heteroatoms. The summed E-state index contributed by atoms with van der Waals surface area (Å²) in [4.78, 5) is 16.2. The molecule has 142 valence electrons. The Bertz CT molecular complexity index is 975. The summed E-state index contributed by atoms with van der Waals surface area (Å²) < 4.78 is 25.9. The lowest BCUT2D eigenvalue weighted by atomic mass is 10.1. The molecule has 1 atom stereocenters. The maximum absolute atomic E-state index is 13.3. The monoisotopic (exact) mass is 402 g/mol. The van der Waals surface area contributed by atoms with Crippen LogP contribution < -0.4 is 9.21 Å². The molecular formula is C20H22N2O3S2. The average molecular weight is 403 g/mol. The van der Waals surface area contributed by atoms with E-state index >= 15 is 0 Å². The summed E-state index contributed by atoms with van der Waals surface area (Å²) >= 11 is 1.79. The lowest BCUT2D eigenvalue weighted by Gasteiger charge is -2.23. The van der Waals surface area contributed by atoms with E-state index in [0.717, 1.165) is 17.0 Å². The fourth-order valence-corrected chi connectivity index (χ4v) is 6.25. The standard InChI is InChI=1S/C20H22N2O3S2/c1-15-10-12-21(18-8-2-3-9-19(18)26-15)20(23)16-6-4-7-17(14-16)22-11-5-13-27(22,24)25/h2-4,6-9,14-15H,5,10-13H2,1H3/t15-/m0/s1. The number of benzene rings is 2. The third-order valence-corrected chi connectivity index (χ3v) is 8.08. The zero-order valence-electron chi connectivity index (χ0n) is 15.2. The van der Waals surface area contributed by atoms with Gasteiger partial charge in [-0.2, -0.15) is 0 Å². The van der Waals surface area contributed by atoms with E-state index in [9.17, 15) is 13.2 Å². The molecule has 0 saturated carbocycles. The number of anilines is 2. The summed E-state index contributed by atoms with van der Waals surface area (Å²) in [7, 11) is -3.26. The van der Waals surface area contributed by atoms with Gasteiger partial charge in [0.05, 0.1) is 17.1 Å². The molecule has 0 unspecified atom stereocenters. The van der Waals surface area contributed by atoms with Crippen LogP contribution in [0.1, 0.15) is 30.1 Å². The van der Waals surface area contributed by atoms with Crippen LogP contribution in [0.15, 0.2) is 53.4 Å². The van der Waals surface area contributed by atoms with E-state index in [1.54, 1.807) is 36.0 Å². The maximum atomic E-state index is 13.3. The topological polar surface area (TPSA) is 57.7 Å². The minimum Gasteiger partial charge on any atom is -0.307 e. The van der Waals surface area contributed by atoms with Crippen LogP contribution in [0.3, 0.4) is 0 Å². The summed E-state index contributed by atoms with van der Waals surface area (Å²) in [5, 5.41) is 0.435. The second-order valence-corrected chi connectivity index (χ2v) is 10.4. The largest absolute Gasteiger partial charge is 0.307 e. The number of hydrogen-bond acceptors (Lipinski definition) is 4. The minimum atomic E-state index is -3.26. The summed E-state index contributed by atoms with van der Waals surface area (Å²) in [6.45, 7) is 3.30. The van der Waals surface area contributed by atoms with Gasteiger partial charge < -0.3 is 4.90 Å². The second-order valence-electron chi connectivity index (χ2n) is 6.93. The molecule has 1 fully saturated rings. The molecule has 4 rings (SSSR count). The number of nitrogens with zero attached hydrogens (tertiary/aromatic N) is 2. The van der Waals surface area contributed by atoms with Crippen molar-refractivity contribution in [2.24, 2.45) is 0 Å². The van der Waals surface area contributed by atoms with Gasteiger partial charge in [-0.1, -0.05) is 25.1 Å². The highest BCUT2D eigenvalue weighted by Gasteiger charge is 2.30. The number of amides is 1. The maximum Gasteiger partial charge on any atom is 0.258 e. The third kappa shape index (κ3) is 3.58. The van der Waals surface area contributed by atoms with Crippen LogP contribution in [-0.2, 0) is 10.0 Å². The number of fused-ring (bicyclic) bond motifs is 1. The Morgan fingerprint density at radius 3 is 2.70 bits per heavy atom. The number of rotatable bonds is 2. The Morgan fingerprint density at radius 1 is 1.11 bits per heavy atom. The summed E-state index contributed by atoms with van der Waals surface area (Å²) in [5.74, 6) is 0.0790. The normalized spacial score (nSPS) is 21.6. The first-order chi connectivity index (χ1) is 13.0. The van der Waals surface area contributed by atoms with Crippen molar-refractivity contribution in [3.8, 4) is 0 Å². The molecule has 0 radical (unpaired) electrons. The Balaban J connectivity index is 1.68. The molecule has 0 aromatic heterocycles. The van der Waals surface area contributed by atoms with Crippen LogP contribution in [0.2, 0.25) is 0 Å². The first kappa shape index (κ1) is 18.4. The van der Waals surface area contributed by atoms with E-state index in [4.69, 9.17) is 0 Å². The predicted molar refractivity (Wildman–Crippen MR) is 110 cm³/mol. The van der Waals surface area contributed by atoms with Crippen molar-refractivity contribution in [2.75, 3.05) is 28.0 Å². The van der Waals surface area contributed by atoms with Crippen LogP contribution in [-0.4, -0.2) is 38.4 Å². The van der Waals surface area contributed by atoms with Gasteiger partial charge in [0.2, 0.25) is 10.0 Å². The van der Waals surface area contributed by atoms with E-state index < -0.39 is 10.0 Å². The smallest absolute Gasteiger partial charge is 0.258 e. The zero-order valence-corrected chi connectivity index (χ0v) is 16.8. The highest BCUT2D eigenvalue weighted by molar-refractivity contribution is 8.00. The van der Waals surface area contributed by atoms with Crippen molar-refractivity contribution in [3.05, 3.63) is 54.1 Å². The van der Waals surface area contributed by atoms with Gasteiger partial charge in [0, 0.05) is 28.8 Å². The lowest BCUT2D eigenvalue weighted by Crippen LogP contribution is -2.32. The van der Waals surface area contributed by atoms with Crippen molar-refractivity contribution >= 4 is 39.1 Å². The number of para-hydroxylation sites is 1. The van der Waals surface area contributed by atoms with Gasteiger partial charge in [0.25, 0.3) is 5.91 Å². The quantitative estimate of drug-likeness (QED) is 0.768. The highest BCUT2D eigenvalue weighted by Crippen LogP contribution is 2.38. The molecule has 2 aromatic carbocycles. The molecule has 2 heterocycles. The number of hydrogen-bond donors (Lipinski definition) is 0. The summed E-state index contributed by atoms with van der Waals surface area (Å²) in [6, 6.07) is 15.0. The fourth-order valence-electron chi connectivity index (χ4n) is 3.58. The molecule has 5 nitrogen and oxygen atoms in total. The minimum absolute atomic E-state index is 0.0874. The Hall–Kier alpha value is -1.99. The van der Waals surface area contributed by atoms with Crippen LogP contribution in [0.25, 0.3) is 0 Å². The third-order valence-electron chi connectivity index (χ3n) is 4.97. The van der Waals surface area contributed by atoms with Crippen molar-refractivity contribution in [3.63, 3.8) is 0 Å². The fraction of sp³-hybridized carbons (Fsp3) is 0.350. The molecule has 0 N–H and O–H groups in total. The first-order valence-corrected chi connectivity index (χ1v) is 11.6. The van der Waals surface area contributed by atoms with Crippen molar-refractivity contribution in [1.29, 1.82) is 0 Å². The highest BCUT2D eigenvalue weighted by atomic mass is 32.2. The Morgan fingerprint density at radius 2 is 1.93 bits per heavy atom. The van der Waals surface area contributed by atoms with Gasteiger partial charge in [-0.25, -0.2) is 8.42 Å². The molecule has 2 aliphatic heterocycles. The van der Waals surface area contributed by atoms with Gasteiger partial charge in [-0.05, 0) is 43.2 Å². The summed E-state index contributed by atoms with van der Waals surface area (Å²) in [6.07, 6.45) is 1.53. The SMILES string of the molecule is C[C@H]1CCN(C(=O)c2cccc(N3CCCS3(=O)=O)c2)c2ccccc2S1. The van der Waals surface area contributed by atoms with Crippen LogP contribution >= 0.6 is 11.8 Å². The Labute approximate surface area is 164 Å². The van der Waals surface area contributed by atoms with Crippen LogP contribution in [0.4, 0.5) is 11.4 Å². The number of thioether (sulfide) groups is 1. The number of sulfonamides is 1. The van der Waals surface area contributed by atoms with E-state index in [1.807, 2.05) is 23.1 Å². The van der Waals surface area contributed by atoms with Crippen molar-refractivity contribution < 1.29 is 13.2 Å². The zero-order chi connectivity index (χ0) is 19.0. The second kappa shape index (κ2) is 7.20. The van der Waals surface area contributed by atoms with Gasteiger partial charge in [-0.15, -0.1) is 11.8 Å². The van der Waals surface area contributed by atoms with Crippen molar-refractivity contribution in [1.82, 2.24) is 0 Å². The van der Waals surface area contributed by atoms with E-state index in [0.29, 0.717) is 36.0 Å². The van der Waals surface area contributed by atoms with E-state index in [-0.39, 0.29) is 11.7 Å². The van der Waals surface area contributed by atoms with Crippen LogP contribution in [0.5, 0.6) is 0 Å². The van der Waals surface area contributed by atoms with Crippen LogP contribution in [0, 0.1) is 0 Å². The van der Waals surface area contributed by atoms with E-state index in [1.165, 1.54) is 4.31 Å². The molecule has 1 amide bonds. The van der Waals surface area contributed by atoms with Gasteiger partial charge in [-0.3, -0.25) is 9.10 Å². The molecule has 1 saturated heterocycles. The molecule has 2 aromatic rings. The predicted octanol–water partition coefficient (Wildman–Crippen LogP) is 3.76. The molecule has 0 spiro atoms. The first-order valence-electron chi connectivity index (χ1n) is 9.14. The Kier molecular flexibility index (Phi) is 4.90. The summed E-state index contributed by atoms with van der Waals surface area (Å²) in [5.41, 5.74) is 2.02. The molecule has 0 aliphatic carbocycles. The van der Waals surface area contributed by atoms with Crippen molar-refractivity contribution in [2.45, 2.75) is 29.9 Å².